The second-order valence-electron chi connectivity index (χ2n) is 16.4. The Morgan fingerprint density at radius 1 is 0.702 bits per heavy atom. The number of hydrogen-bond donors (Lipinski definition) is 1. The molecule has 4 unspecified atom stereocenters. The lowest BCUT2D eigenvalue weighted by molar-refractivity contribution is -0.134. The van der Waals surface area contributed by atoms with Crippen molar-refractivity contribution in [2.45, 2.75) is 138 Å². The summed E-state index contributed by atoms with van der Waals surface area (Å²) in [6, 6.07) is 14.3. The first kappa shape index (κ1) is 44.1. The van der Waals surface area contributed by atoms with Crippen molar-refractivity contribution in [2.75, 3.05) is 7.05 Å². The van der Waals surface area contributed by atoms with Crippen LogP contribution in [0.1, 0.15) is 145 Å². The largest absolute Gasteiger partial charge is 0.277 e. The molecule has 1 fully saturated rings. The summed E-state index contributed by atoms with van der Waals surface area (Å²) in [6.07, 6.45) is 16.2. The van der Waals surface area contributed by atoms with E-state index in [9.17, 15) is 9.59 Å². The number of carbonyl (C=O) groups is 2. The lowest BCUT2D eigenvalue weighted by Crippen LogP contribution is -2.24. The van der Waals surface area contributed by atoms with Gasteiger partial charge in [-0.25, -0.2) is 0 Å². The van der Waals surface area contributed by atoms with E-state index in [4.69, 9.17) is 12.6 Å². The highest BCUT2D eigenvalue weighted by Crippen LogP contribution is 2.54. The molecule has 0 radical (unpaired) electrons. The van der Waals surface area contributed by atoms with Gasteiger partial charge in [0.25, 0.3) is 11.8 Å². The normalized spacial score (nSPS) is 17.4. The van der Waals surface area contributed by atoms with Crippen LogP contribution in [-0.4, -0.2) is 23.8 Å². The summed E-state index contributed by atoms with van der Waals surface area (Å²) in [5, 5.41) is 2.55. The zero-order valence-electron chi connectivity index (χ0n) is 35.7. The molecular formula is C49H63NO2S5. The highest BCUT2D eigenvalue weighted by molar-refractivity contribution is 7.91. The lowest BCUT2D eigenvalue weighted by Gasteiger charge is -2.13. The van der Waals surface area contributed by atoms with Crippen molar-refractivity contribution in [3.8, 4) is 20.9 Å². The zero-order valence-corrected chi connectivity index (χ0v) is 39.8. The number of amides is 2. The Kier molecular flexibility index (Phi) is 15.2. The first-order chi connectivity index (χ1) is 27.5. The molecule has 0 bridgehead atoms. The van der Waals surface area contributed by atoms with E-state index in [1.54, 1.807) is 18.4 Å². The number of imide groups is 1. The number of nitrogens with zero attached hydrogens (tertiary/aromatic N) is 1. The van der Waals surface area contributed by atoms with Gasteiger partial charge in [-0.05, 0) is 79.3 Å². The number of fused-ring (bicyclic) bond motifs is 2. The average molecular weight is 858 g/mol. The fourth-order valence-corrected chi connectivity index (χ4v) is 13.6. The molecule has 8 heteroatoms. The van der Waals surface area contributed by atoms with Gasteiger partial charge in [0.05, 0.1) is 11.1 Å². The minimum atomic E-state index is -0.274. The summed E-state index contributed by atoms with van der Waals surface area (Å²) >= 11 is 12.8. The number of allylic oxidation sites excluding steroid dienone is 1. The second kappa shape index (κ2) is 19.7. The molecule has 5 heterocycles. The summed E-state index contributed by atoms with van der Waals surface area (Å²) in [7, 11) is 1.59. The molecule has 1 aromatic carbocycles. The van der Waals surface area contributed by atoms with Crippen LogP contribution >= 0.6 is 58.0 Å². The molecule has 4 aromatic heterocycles. The Morgan fingerprint density at radius 3 is 1.75 bits per heavy atom. The third-order valence-electron chi connectivity index (χ3n) is 12.3. The van der Waals surface area contributed by atoms with E-state index in [2.05, 4.69) is 91.8 Å². The van der Waals surface area contributed by atoms with Crippen molar-refractivity contribution in [1.29, 1.82) is 0 Å². The molecule has 6 rings (SSSR count). The smallest absolute Gasteiger partial charge is 0.262 e. The van der Waals surface area contributed by atoms with Crippen LogP contribution in [0.25, 0.3) is 46.0 Å². The molecule has 2 amide bonds. The third-order valence-corrected chi connectivity index (χ3v) is 17.8. The van der Waals surface area contributed by atoms with Crippen molar-refractivity contribution in [2.24, 2.45) is 17.8 Å². The number of hydrogen-bond acceptors (Lipinski definition) is 7. The van der Waals surface area contributed by atoms with E-state index < -0.39 is 0 Å². The Morgan fingerprint density at radius 2 is 1.25 bits per heavy atom. The zero-order chi connectivity index (χ0) is 41.0. The van der Waals surface area contributed by atoms with Crippen molar-refractivity contribution in [3.05, 3.63) is 73.1 Å². The molecule has 0 spiro atoms. The molecular weight excluding hydrogens is 795 g/mol. The first-order valence-electron chi connectivity index (χ1n) is 21.7. The fourth-order valence-electron chi connectivity index (χ4n) is 8.11. The van der Waals surface area contributed by atoms with E-state index in [-0.39, 0.29) is 17.7 Å². The van der Waals surface area contributed by atoms with Gasteiger partial charge in [-0.15, -0.1) is 58.0 Å². The topological polar surface area (TPSA) is 37.4 Å². The van der Waals surface area contributed by atoms with Gasteiger partial charge in [-0.1, -0.05) is 119 Å². The molecule has 57 heavy (non-hydrogen) atoms. The second-order valence-corrected chi connectivity index (χ2v) is 21.4. The molecule has 0 saturated carbocycles. The van der Waals surface area contributed by atoms with Gasteiger partial charge in [-0.2, -0.15) is 0 Å². The molecule has 306 valence electrons. The van der Waals surface area contributed by atoms with Crippen molar-refractivity contribution < 1.29 is 9.59 Å². The summed E-state index contributed by atoms with van der Waals surface area (Å²) in [5.74, 6) is 1.52. The highest BCUT2D eigenvalue weighted by atomic mass is 32.1. The molecule has 1 aliphatic heterocycles. The van der Waals surface area contributed by atoms with Gasteiger partial charge in [0.1, 0.15) is 0 Å². The van der Waals surface area contributed by atoms with Crippen LogP contribution < -0.4 is 0 Å². The standard InChI is InChI=1S/C49H63NO2S5/c1-10-16-18-31(14-5)25-33-20-22-38(54-33)42-35-27-40(30(8)13-4)56-46(35)43(39-23-21-34(55-39)26-32(15-6)19-17-11-2)36-28-41(57-47(36)42)45(53)44-37(24-29(7)12-3)48(51)50(9)49(44)52/h20-24,27-32,53H,10-19,25-26H2,1-9H3/b37-24-,45-44+. The first-order valence-corrected chi connectivity index (χ1v) is 25.4. The van der Waals surface area contributed by atoms with Gasteiger partial charge in [-0.3, -0.25) is 14.5 Å². The average Bonchev–Trinajstić information content (AvgIpc) is 4.07. The van der Waals surface area contributed by atoms with Gasteiger partial charge in [0.15, 0.2) is 0 Å². The van der Waals surface area contributed by atoms with Crippen LogP contribution in [0.2, 0.25) is 0 Å². The number of benzene rings is 1. The van der Waals surface area contributed by atoms with E-state index >= 15 is 0 Å². The minimum absolute atomic E-state index is 0.163. The molecule has 4 atom stereocenters. The van der Waals surface area contributed by atoms with E-state index in [1.165, 1.54) is 112 Å². The predicted molar refractivity (Wildman–Crippen MR) is 258 cm³/mol. The SMILES string of the molecule is CCCCC(CC)Cc1ccc(-c2c3cc(C(C)CC)sc3c(-c3ccc(CC(CC)CCCC)s3)c3cc(/C(S)=C4\C(=O)N(C)C(=O)\C4=C/C(C)CC)sc23)s1. The molecule has 3 nitrogen and oxygen atoms in total. The Balaban J connectivity index is 1.62. The van der Waals surface area contributed by atoms with Gasteiger partial charge < -0.3 is 0 Å². The molecule has 0 N–H and O–H groups in total. The maximum atomic E-state index is 13.8. The van der Waals surface area contributed by atoms with Crippen LogP contribution in [0.3, 0.4) is 0 Å². The third kappa shape index (κ3) is 9.31. The lowest BCUT2D eigenvalue weighted by atomic mass is 9.95. The molecule has 5 aromatic rings. The minimum Gasteiger partial charge on any atom is -0.277 e. The molecule has 1 aliphatic rings. The monoisotopic (exact) mass is 857 g/mol. The maximum Gasteiger partial charge on any atom is 0.262 e. The van der Waals surface area contributed by atoms with E-state index in [1.807, 2.05) is 40.1 Å². The van der Waals surface area contributed by atoms with Crippen LogP contribution in [0.5, 0.6) is 0 Å². The summed E-state index contributed by atoms with van der Waals surface area (Å²) in [4.78, 5) is 37.1. The predicted octanol–water partition coefficient (Wildman–Crippen LogP) is 16.2. The van der Waals surface area contributed by atoms with Crippen LogP contribution in [0.4, 0.5) is 0 Å². The fraction of sp³-hybridized carbons (Fsp3) is 0.510. The number of likely N-dealkylation sites (tertiary alicyclic amines) is 1. The number of likely N-dealkylation sites (N-methyl/N-ethyl adjacent to an activating group) is 1. The summed E-state index contributed by atoms with van der Waals surface area (Å²) in [6.45, 7) is 18.1. The van der Waals surface area contributed by atoms with Gasteiger partial charge in [0, 0.05) is 72.5 Å². The summed E-state index contributed by atoms with van der Waals surface area (Å²) in [5.41, 5.74) is 3.51. The number of thiol groups is 1. The molecule has 0 aliphatic carbocycles. The maximum absolute atomic E-state index is 13.8. The Hall–Kier alpha value is -2.49. The van der Waals surface area contributed by atoms with E-state index in [0.29, 0.717) is 33.8 Å². The van der Waals surface area contributed by atoms with Crippen LogP contribution in [0, 0.1) is 17.8 Å². The number of carbonyl (C=O) groups excluding carboxylic acids is 2. The highest BCUT2D eigenvalue weighted by Gasteiger charge is 2.39. The summed E-state index contributed by atoms with van der Waals surface area (Å²) < 4.78 is 2.59. The molecule has 1 saturated heterocycles. The number of unbranched alkanes of at least 4 members (excludes halogenated alkanes) is 2. The van der Waals surface area contributed by atoms with Crippen LogP contribution in [-0.2, 0) is 22.4 Å². The van der Waals surface area contributed by atoms with Crippen LogP contribution in [0.15, 0.2) is 53.6 Å². The quantitative estimate of drug-likeness (QED) is 0.0510. The van der Waals surface area contributed by atoms with Crippen molar-refractivity contribution in [1.82, 2.24) is 4.90 Å². The Labute approximate surface area is 364 Å². The van der Waals surface area contributed by atoms with Crippen molar-refractivity contribution >= 4 is 94.9 Å². The van der Waals surface area contributed by atoms with Crippen molar-refractivity contribution in [3.63, 3.8) is 0 Å². The van der Waals surface area contributed by atoms with Gasteiger partial charge in [0.2, 0.25) is 0 Å². The van der Waals surface area contributed by atoms with E-state index in [0.717, 1.165) is 30.6 Å². The number of rotatable bonds is 19. The number of thiophene rings is 4. The van der Waals surface area contributed by atoms with Gasteiger partial charge >= 0.3 is 0 Å². The Bertz CT molecular complexity index is 2150.